The average Bonchev–Trinajstić information content (AvgIpc) is 2.49. The molecule has 2 rings (SSSR count). The summed E-state index contributed by atoms with van der Waals surface area (Å²) < 4.78 is 0. The maximum atomic E-state index is 12.3. The van der Waals surface area contributed by atoms with Crippen LogP contribution in [0, 0.1) is 13.8 Å². The number of nitrogens with one attached hydrogen (secondary N) is 1. The summed E-state index contributed by atoms with van der Waals surface area (Å²) in [6.45, 7) is 5.99. The monoisotopic (exact) mass is 299 g/mol. The molecule has 2 nitrogen and oxygen atoms in total. The van der Waals surface area contributed by atoms with E-state index < -0.39 is 0 Å². The van der Waals surface area contributed by atoms with E-state index in [0.29, 0.717) is 0 Å². The number of hydrogen-bond donors (Lipinski definition) is 1. The van der Waals surface area contributed by atoms with Crippen LogP contribution in [0.4, 0.5) is 5.69 Å². The standard InChI is InChI=1S/C18H21NOS/c1-13-9-10-14(2)17(11-13)19-18(20)15(3)21-12-16-7-5-4-6-8-16/h4-11,15H,12H2,1-3H3,(H,19,20). The van der Waals surface area contributed by atoms with E-state index in [1.165, 1.54) is 5.56 Å². The van der Waals surface area contributed by atoms with Gasteiger partial charge in [-0.2, -0.15) is 0 Å². The fourth-order valence-corrected chi connectivity index (χ4v) is 2.82. The zero-order valence-corrected chi connectivity index (χ0v) is 13.5. The summed E-state index contributed by atoms with van der Waals surface area (Å²) in [4.78, 5) is 12.3. The second-order valence-electron chi connectivity index (χ2n) is 5.25. The Hall–Kier alpha value is -1.74. The number of thioether (sulfide) groups is 1. The maximum Gasteiger partial charge on any atom is 0.237 e. The number of rotatable bonds is 5. The van der Waals surface area contributed by atoms with Crippen molar-refractivity contribution in [3.8, 4) is 0 Å². The highest BCUT2D eigenvalue weighted by atomic mass is 32.2. The molecule has 0 fully saturated rings. The average molecular weight is 299 g/mol. The first-order valence-electron chi connectivity index (χ1n) is 7.10. The van der Waals surface area contributed by atoms with Gasteiger partial charge in [0, 0.05) is 11.4 Å². The first-order chi connectivity index (χ1) is 10.1. The molecule has 1 N–H and O–H groups in total. The molecule has 1 amide bonds. The van der Waals surface area contributed by atoms with Crippen LogP contribution < -0.4 is 5.32 Å². The zero-order chi connectivity index (χ0) is 15.2. The number of carbonyl (C=O) groups is 1. The van der Waals surface area contributed by atoms with Crippen molar-refractivity contribution in [1.82, 2.24) is 0 Å². The summed E-state index contributed by atoms with van der Waals surface area (Å²) in [5.41, 5.74) is 4.40. The fourth-order valence-electron chi connectivity index (χ4n) is 1.98. The van der Waals surface area contributed by atoms with Gasteiger partial charge in [-0.25, -0.2) is 0 Å². The number of carbonyl (C=O) groups excluding carboxylic acids is 1. The summed E-state index contributed by atoms with van der Waals surface area (Å²) in [5.74, 6) is 0.909. The van der Waals surface area contributed by atoms with Crippen LogP contribution in [0.25, 0.3) is 0 Å². The number of anilines is 1. The Bertz CT molecular complexity index is 610. The summed E-state index contributed by atoms with van der Waals surface area (Å²) >= 11 is 1.65. The fraction of sp³-hybridized carbons (Fsp3) is 0.278. The number of hydrogen-bond acceptors (Lipinski definition) is 2. The van der Waals surface area contributed by atoms with Gasteiger partial charge in [0.1, 0.15) is 0 Å². The minimum absolute atomic E-state index is 0.0598. The quantitative estimate of drug-likeness (QED) is 0.876. The molecular formula is C18H21NOS. The Labute approximate surface area is 131 Å². The molecule has 1 unspecified atom stereocenters. The second kappa shape index (κ2) is 7.32. The van der Waals surface area contributed by atoms with E-state index in [1.54, 1.807) is 11.8 Å². The first-order valence-corrected chi connectivity index (χ1v) is 8.15. The molecule has 3 heteroatoms. The summed E-state index contributed by atoms with van der Waals surface area (Å²) in [7, 11) is 0. The predicted molar refractivity (Wildman–Crippen MR) is 91.7 cm³/mol. The Morgan fingerprint density at radius 1 is 1.14 bits per heavy atom. The lowest BCUT2D eigenvalue weighted by molar-refractivity contribution is -0.115. The molecule has 0 spiro atoms. The molecule has 0 aliphatic carbocycles. The maximum absolute atomic E-state index is 12.3. The smallest absolute Gasteiger partial charge is 0.237 e. The molecular weight excluding hydrogens is 278 g/mol. The van der Waals surface area contributed by atoms with Gasteiger partial charge in [0.2, 0.25) is 5.91 Å². The Kier molecular flexibility index (Phi) is 5.45. The Morgan fingerprint density at radius 3 is 2.57 bits per heavy atom. The van der Waals surface area contributed by atoms with Crippen LogP contribution in [-0.2, 0) is 10.5 Å². The van der Waals surface area contributed by atoms with Crippen molar-refractivity contribution in [2.24, 2.45) is 0 Å². The van der Waals surface area contributed by atoms with Crippen molar-refractivity contribution in [3.63, 3.8) is 0 Å². The zero-order valence-electron chi connectivity index (χ0n) is 12.7. The third-order valence-electron chi connectivity index (χ3n) is 3.36. The lowest BCUT2D eigenvalue weighted by Gasteiger charge is -2.14. The summed E-state index contributed by atoms with van der Waals surface area (Å²) in [6, 6.07) is 16.3. The summed E-state index contributed by atoms with van der Waals surface area (Å²) in [6.07, 6.45) is 0. The van der Waals surface area contributed by atoms with E-state index in [1.807, 2.05) is 51.1 Å². The lowest BCUT2D eigenvalue weighted by atomic mass is 10.1. The molecule has 0 saturated carbocycles. The SMILES string of the molecule is Cc1ccc(C)c(NC(=O)C(C)SCc2ccccc2)c1. The normalized spacial score (nSPS) is 12.0. The number of benzene rings is 2. The van der Waals surface area contributed by atoms with Gasteiger partial charge in [-0.1, -0.05) is 42.5 Å². The molecule has 0 aliphatic heterocycles. The molecule has 0 aromatic heterocycles. The van der Waals surface area contributed by atoms with Gasteiger partial charge < -0.3 is 5.32 Å². The van der Waals surface area contributed by atoms with E-state index >= 15 is 0 Å². The molecule has 0 aliphatic rings. The van der Waals surface area contributed by atoms with Crippen molar-refractivity contribution in [3.05, 3.63) is 65.2 Å². The minimum atomic E-state index is -0.0786. The second-order valence-corrected chi connectivity index (χ2v) is 6.58. The van der Waals surface area contributed by atoms with Gasteiger partial charge in [-0.15, -0.1) is 11.8 Å². The van der Waals surface area contributed by atoms with Gasteiger partial charge in [0.05, 0.1) is 5.25 Å². The Balaban J connectivity index is 1.92. The van der Waals surface area contributed by atoms with E-state index in [2.05, 4.69) is 23.5 Å². The van der Waals surface area contributed by atoms with Crippen LogP contribution in [0.1, 0.15) is 23.6 Å². The van der Waals surface area contributed by atoms with Crippen LogP contribution in [0.15, 0.2) is 48.5 Å². The first kappa shape index (κ1) is 15.6. The number of amides is 1. The molecule has 0 radical (unpaired) electrons. The van der Waals surface area contributed by atoms with Crippen molar-refractivity contribution in [2.45, 2.75) is 31.8 Å². The van der Waals surface area contributed by atoms with Gasteiger partial charge in [-0.3, -0.25) is 4.79 Å². The molecule has 0 heterocycles. The van der Waals surface area contributed by atoms with Crippen molar-refractivity contribution in [2.75, 3.05) is 5.32 Å². The highest BCUT2D eigenvalue weighted by molar-refractivity contribution is 7.99. The summed E-state index contributed by atoms with van der Waals surface area (Å²) in [5, 5.41) is 2.95. The van der Waals surface area contributed by atoms with E-state index in [-0.39, 0.29) is 11.2 Å². The third kappa shape index (κ3) is 4.64. The van der Waals surface area contributed by atoms with E-state index in [9.17, 15) is 4.79 Å². The topological polar surface area (TPSA) is 29.1 Å². The number of aryl methyl sites for hydroxylation is 2. The molecule has 2 aromatic rings. The van der Waals surface area contributed by atoms with Crippen LogP contribution in [0.2, 0.25) is 0 Å². The van der Waals surface area contributed by atoms with Crippen molar-refractivity contribution >= 4 is 23.4 Å². The lowest BCUT2D eigenvalue weighted by Crippen LogP contribution is -2.23. The van der Waals surface area contributed by atoms with Crippen molar-refractivity contribution in [1.29, 1.82) is 0 Å². The molecule has 1 atom stereocenters. The van der Waals surface area contributed by atoms with Crippen LogP contribution in [-0.4, -0.2) is 11.2 Å². The van der Waals surface area contributed by atoms with E-state index in [0.717, 1.165) is 22.6 Å². The molecule has 21 heavy (non-hydrogen) atoms. The van der Waals surface area contributed by atoms with Crippen molar-refractivity contribution < 1.29 is 4.79 Å². The van der Waals surface area contributed by atoms with Crippen LogP contribution in [0.3, 0.4) is 0 Å². The highest BCUT2D eigenvalue weighted by Crippen LogP contribution is 2.21. The molecule has 2 aromatic carbocycles. The van der Waals surface area contributed by atoms with Gasteiger partial charge in [0.25, 0.3) is 0 Å². The molecule has 0 bridgehead atoms. The Morgan fingerprint density at radius 2 is 1.86 bits per heavy atom. The van der Waals surface area contributed by atoms with E-state index in [4.69, 9.17) is 0 Å². The highest BCUT2D eigenvalue weighted by Gasteiger charge is 2.14. The minimum Gasteiger partial charge on any atom is -0.325 e. The third-order valence-corrected chi connectivity index (χ3v) is 4.58. The largest absolute Gasteiger partial charge is 0.325 e. The predicted octanol–water partition coefficient (Wildman–Crippen LogP) is 4.56. The van der Waals surface area contributed by atoms with Gasteiger partial charge >= 0.3 is 0 Å². The van der Waals surface area contributed by atoms with Crippen LogP contribution >= 0.6 is 11.8 Å². The van der Waals surface area contributed by atoms with Gasteiger partial charge in [-0.05, 0) is 43.5 Å². The molecule has 0 saturated heterocycles. The van der Waals surface area contributed by atoms with Crippen LogP contribution in [0.5, 0.6) is 0 Å². The molecule has 110 valence electrons. The van der Waals surface area contributed by atoms with Gasteiger partial charge in [0.15, 0.2) is 0 Å².